The van der Waals surface area contributed by atoms with Crippen molar-refractivity contribution in [2.45, 2.75) is 25.7 Å². The van der Waals surface area contributed by atoms with E-state index in [9.17, 15) is 14.7 Å². The number of thiophene rings is 1. The predicted molar refractivity (Wildman–Crippen MR) is 120 cm³/mol. The fourth-order valence-electron chi connectivity index (χ4n) is 3.43. The van der Waals surface area contributed by atoms with Crippen molar-refractivity contribution in [2.24, 2.45) is 0 Å². The summed E-state index contributed by atoms with van der Waals surface area (Å²) in [4.78, 5) is 34.2. The van der Waals surface area contributed by atoms with Crippen LogP contribution in [0.2, 0.25) is 0 Å². The topological polar surface area (TPSA) is 147 Å². The Kier molecular flexibility index (Phi) is 4.74. The summed E-state index contributed by atoms with van der Waals surface area (Å²) >= 11 is 1.27. The highest BCUT2D eigenvalue weighted by Crippen LogP contribution is 2.41. The number of fused-ring (bicyclic) bond motifs is 1. The largest absolute Gasteiger partial charge is 0.464 e. The second-order valence-electron chi connectivity index (χ2n) is 7.52. The first-order valence-electron chi connectivity index (χ1n) is 9.81. The molecule has 3 aromatic heterocycles. The Labute approximate surface area is 185 Å². The third-order valence-electron chi connectivity index (χ3n) is 5.24. The number of nitrogens with zero attached hydrogens (tertiary/aromatic N) is 4. The molecule has 0 unspecified atom stereocenters. The van der Waals surface area contributed by atoms with Gasteiger partial charge >= 0.3 is 6.09 Å². The van der Waals surface area contributed by atoms with Crippen molar-refractivity contribution in [3.8, 4) is 0 Å². The Morgan fingerprint density at radius 2 is 2.06 bits per heavy atom. The zero-order valence-corrected chi connectivity index (χ0v) is 17.7. The molecule has 0 saturated heterocycles. The van der Waals surface area contributed by atoms with Gasteiger partial charge < -0.3 is 20.7 Å². The maximum Gasteiger partial charge on any atom is 0.416 e. The van der Waals surface area contributed by atoms with Crippen LogP contribution in [0.15, 0.2) is 40.5 Å². The molecule has 11 heteroatoms. The molecule has 1 aliphatic rings. The summed E-state index contributed by atoms with van der Waals surface area (Å²) in [5, 5.41) is 18.3. The normalized spacial score (nSPS) is 13.3. The van der Waals surface area contributed by atoms with E-state index >= 15 is 0 Å². The quantitative estimate of drug-likeness (QED) is 0.402. The molecule has 0 bridgehead atoms. The molecule has 32 heavy (non-hydrogen) atoms. The first-order valence-corrected chi connectivity index (χ1v) is 10.7. The summed E-state index contributed by atoms with van der Waals surface area (Å²) in [5.41, 5.74) is 8.39. The molecule has 1 aliphatic carbocycles. The van der Waals surface area contributed by atoms with Crippen LogP contribution in [-0.2, 0) is 0 Å². The molecule has 0 atom stereocenters. The Morgan fingerprint density at radius 1 is 1.25 bits per heavy atom. The number of nitrogens with two attached hydrogens (primary N) is 1. The number of amides is 2. The zero-order valence-electron chi connectivity index (χ0n) is 16.9. The SMILES string of the molecule is Cc1ccc(NC(=O)c2cc(C3CC3)on2)cc1N(C(=O)O)c1csc2c(N)ncnc12. The van der Waals surface area contributed by atoms with Gasteiger partial charge in [-0.2, -0.15) is 0 Å². The van der Waals surface area contributed by atoms with Crippen LogP contribution >= 0.6 is 11.3 Å². The van der Waals surface area contributed by atoms with E-state index in [2.05, 4.69) is 20.4 Å². The Hall–Kier alpha value is -3.99. The van der Waals surface area contributed by atoms with Crippen molar-refractivity contribution in [1.82, 2.24) is 15.1 Å². The molecule has 10 nitrogen and oxygen atoms in total. The van der Waals surface area contributed by atoms with Gasteiger partial charge in [0.1, 0.15) is 23.4 Å². The van der Waals surface area contributed by atoms with Crippen LogP contribution in [0.25, 0.3) is 10.2 Å². The summed E-state index contributed by atoms with van der Waals surface area (Å²) in [6, 6.07) is 6.67. The summed E-state index contributed by atoms with van der Waals surface area (Å²) in [6.45, 7) is 1.79. The summed E-state index contributed by atoms with van der Waals surface area (Å²) in [6.07, 6.45) is 2.18. The second kappa shape index (κ2) is 7.61. The average Bonchev–Trinajstić information content (AvgIpc) is 3.33. The van der Waals surface area contributed by atoms with Crippen LogP contribution in [0.5, 0.6) is 0 Å². The molecule has 4 N–H and O–H groups in total. The second-order valence-corrected chi connectivity index (χ2v) is 8.40. The van der Waals surface area contributed by atoms with E-state index in [1.165, 1.54) is 17.7 Å². The number of aryl methyl sites for hydroxylation is 1. The molecule has 0 spiro atoms. The van der Waals surface area contributed by atoms with E-state index < -0.39 is 12.0 Å². The zero-order chi connectivity index (χ0) is 22.4. The van der Waals surface area contributed by atoms with Crippen LogP contribution in [-0.4, -0.2) is 32.2 Å². The highest BCUT2D eigenvalue weighted by Gasteiger charge is 2.29. The first-order chi connectivity index (χ1) is 15.4. The number of carbonyl (C=O) groups is 2. The molecule has 2 amide bonds. The molecule has 1 saturated carbocycles. The monoisotopic (exact) mass is 450 g/mol. The van der Waals surface area contributed by atoms with E-state index in [-0.39, 0.29) is 11.5 Å². The van der Waals surface area contributed by atoms with Gasteiger partial charge in [0, 0.05) is 23.1 Å². The summed E-state index contributed by atoms with van der Waals surface area (Å²) in [7, 11) is 0. The van der Waals surface area contributed by atoms with Gasteiger partial charge in [0.25, 0.3) is 5.91 Å². The number of nitrogen functional groups attached to an aromatic ring is 1. The lowest BCUT2D eigenvalue weighted by Crippen LogP contribution is -2.24. The number of anilines is 4. The summed E-state index contributed by atoms with van der Waals surface area (Å²) < 4.78 is 5.85. The van der Waals surface area contributed by atoms with Crippen molar-refractivity contribution in [1.29, 1.82) is 0 Å². The summed E-state index contributed by atoms with van der Waals surface area (Å²) in [5.74, 6) is 0.908. The minimum Gasteiger partial charge on any atom is -0.464 e. The Balaban J connectivity index is 1.48. The highest BCUT2D eigenvalue weighted by atomic mass is 32.1. The van der Waals surface area contributed by atoms with Gasteiger partial charge in [-0.25, -0.2) is 19.7 Å². The molecule has 0 radical (unpaired) electrons. The van der Waals surface area contributed by atoms with Gasteiger partial charge in [0.2, 0.25) is 0 Å². The van der Waals surface area contributed by atoms with Crippen LogP contribution in [0.4, 0.5) is 27.7 Å². The molecule has 1 fully saturated rings. The number of carboxylic acid groups (broad SMARTS) is 1. The number of carbonyl (C=O) groups excluding carboxylic acids is 1. The van der Waals surface area contributed by atoms with E-state index in [0.717, 1.165) is 17.7 Å². The van der Waals surface area contributed by atoms with Gasteiger partial charge in [-0.1, -0.05) is 11.2 Å². The number of hydrogen-bond donors (Lipinski definition) is 3. The van der Waals surface area contributed by atoms with Crippen molar-refractivity contribution in [3.05, 3.63) is 53.0 Å². The number of aromatic nitrogens is 3. The van der Waals surface area contributed by atoms with E-state index in [4.69, 9.17) is 10.3 Å². The molecule has 0 aliphatic heterocycles. The molecular weight excluding hydrogens is 432 g/mol. The van der Waals surface area contributed by atoms with E-state index in [0.29, 0.717) is 44.5 Å². The van der Waals surface area contributed by atoms with Gasteiger partial charge in [0.15, 0.2) is 5.69 Å². The smallest absolute Gasteiger partial charge is 0.416 e. The van der Waals surface area contributed by atoms with E-state index in [1.54, 1.807) is 36.6 Å². The maximum atomic E-state index is 12.6. The maximum absolute atomic E-state index is 12.6. The fraction of sp³-hybridized carbons (Fsp3) is 0.190. The van der Waals surface area contributed by atoms with E-state index in [1.807, 2.05) is 0 Å². The van der Waals surface area contributed by atoms with Crippen molar-refractivity contribution in [3.63, 3.8) is 0 Å². The van der Waals surface area contributed by atoms with Crippen LogP contribution in [0, 0.1) is 6.92 Å². The number of hydrogen-bond acceptors (Lipinski definition) is 8. The lowest BCUT2D eigenvalue weighted by Gasteiger charge is -2.21. The van der Waals surface area contributed by atoms with Crippen LogP contribution in [0.3, 0.4) is 0 Å². The van der Waals surface area contributed by atoms with Gasteiger partial charge in [-0.05, 0) is 37.5 Å². The number of benzene rings is 1. The fourth-order valence-corrected chi connectivity index (χ4v) is 4.32. The molecule has 1 aromatic carbocycles. The minimum atomic E-state index is -1.20. The Bertz CT molecular complexity index is 1360. The van der Waals surface area contributed by atoms with Gasteiger partial charge in [-0.15, -0.1) is 11.3 Å². The molecule has 3 heterocycles. The van der Waals surface area contributed by atoms with Crippen molar-refractivity contribution < 1.29 is 19.2 Å². The molecule has 5 rings (SSSR count). The minimum absolute atomic E-state index is 0.181. The number of nitrogens with one attached hydrogen (secondary N) is 1. The Morgan fingerprint density at radius 3 is 2.81 bits per heavy atom. The van der Waals surface area contributed by atoms with Gasteiger partial charge in [-0.3, -0.25) is 4.79 Å². The predicted octanol–water partition coefficient (Wildman–Crippen LogP) is 4.52. The van der Waals surface area contributed by atoms with Crippen LogP contribution in [0.1, 0.15) is 40.6 Å². The third kappa shape index (κ3) is 3.52. The van der Waals surface area contributed by atoms with Crippen molar-refractivity contribution in [2.75, 3.05) is 16.0 Å². The van der Waals surface area contributed by atoms with Crippen LogP contribution < -0.4 is 16.0 Å². The first kappa shape index (κ1) is 19.9. The third-order valence-corrected chi connectivity index (χ3v) is 6.22. The standard InChI is InChI=1S/C21H18N6O4S/c1-10-2-5-12(25-20(28)13-7-16(31-26-13)11-3-4-11)6-14(10)27(21(29)30)15-8-32-18-17(15)23-9-24-19(18)22/h2,5-9,11H,3-4H2,1H3,(H,25,28)(H,29,30)(H2,22,23,24). The molecule has 4 aromatic rings. The van der Waals surface area contributed by atoms with Gasteiger partial charge in [0.05, 0.1) is 16.1 Å². The molecular formula is C21H18N6O4S. The lowest BCUT2D eigenvalue weighted by atomic mass is 10.1. The van der Waals surface area contributed by atoms with Crippen molar-refractivity contribution >= 4 is 56.4 Å². The lowest BCUT2D eigenvalue weighted by molar-refractivity contribution is 0.101. The highest BCUT2D eigenvalue weighted by molar-refractivity contribution is 7.18. The average molecular weight is 450 g/mol. The number of rotatable bonds is 5. The molecule has 162 valence electrons.